The number of hydrogen-bond acceptors (Lipinski definition) is 3. The van der Waals surface area contributed by atoms with Crippen molar-refractivity contribution in [2.45, 2.75) is 36.8 Å². The van der Waals surface area contributed by atoms with Crippen molar-refractivity contribution >= 4 is 10.0 Å². The van der Waals surface area contributed by atoms with E-state index in [0.29, 0.717) is 19.5 Å². The van der Waals surface area contributed by atoms with E-state index in [9.17, 15) is 8.42 Å². The fourth-order valence-corrected chi connectivity index (χ4v) is 5.84. The normalized spacial score (nSPS) is 37.5. The highest BCUT2D eigenvalue weighted by Gasteiger charge is 2.63. The van der Waals surface area contributed by atoms with Crippen LogP contribution in [0.1, 0.15) is 17.5 Å². The van der Waals surface area contributed by atoms with Gasteiger partial charge in [0.1, 0.15) is 10.9 Å². The smallest absolute Gasteiger partial charge is 0.220 e. The molecular weight excluding hydrogens is 274 g/mol. The summed E-state index contributed by atoms with van der Waals surface area (Å²) in [5.74, 6) is 0. The molecule has 4 rings (SSSR count). The monoisotopic (exact) mass is 291 g/mol. The zero-order chi connectivity index (χ0) is 14.0. The first-order chi connectivity index (χ1) is 9.49. The van der Waals surface area contributed by atoms with Gasteiger partial charge in [-0.1, -0.05) is 42.0 Å². The molecule has 1 aromatic rings. The summed E-state index contributed by atoms with van der Waals surface area (Å²) in [5, 5.41) is -0.394. The SMILES string of the molecule is Cc1cccc(CN2C[C@]34C=C[C@H](C[C@@H]3S2(=O)=O)O4)c1. The second kappa shape index (κ2) is 3.93. The first-order valence-electron chi connectivity index (χ1n) is 6.91. The summed E-state index contributed by atoms with van der Waals surface area (Å²) in [6.07, 6.45) is 4.56. The molecule has 3 aliphatic heterocycles. The van der Waals surface area contributed by atoms with E-state index in [0.717, 1.165) is 11.1 Å². The van der Waals surface area contributed by atoms with Crippen LogP contribution >= 0.6 is 0 Å². The topological polar surface area (TPSA) is 46.6 Å². The molecule has 106 valence electrons. The largest absolute Gasteiger partial charge is 0.361 e. The lowest BCUT2D eigenvalue weighted by molar-refractivity contribution is 0.0298. The molecule has 20 heavy (non-hydrogen) atoms. The van der Waals surface area contributed by atoms with Crippen molar-refractivity contribution in [1.29, 1.82) is 0 Å². The minimum Gasteiger partial charge on any atom is -0.361 e. The van der Waals surface area contributed by atoms with Gasteiger partial charge in [-0.2, -0.15) is 4.31 Å². The van der Waals surface area contributed by atoms with Crippen molar-refractivity contribution < 1.29 is 13.2 Å². The van der Waals surface area contributed by atoms with Crippen molar-refractivity contribution in [2.24, 2.45) is 0 Å². The molecule has 5 heteroatoms. The number of aryl methyl sites for hydroxylation is 1. The average molecular weight is 291 g/mol. The molecule has 2 fully saturated rings. The highest BCUT2D eigenvalue weighted by molar-refractivity contribution is 7.90. The van der Waals surface area contributed by atoms with E-state index in [1.807, 2.05) is 43.3 Å². The standard InChI is InChI=1S/C15H17NO3S/c1-11-3-2-4-12(7-11)9-16-10-15-6-5-13(19-15)8-14(15)20(16,17)18/h2-7,13-14H,8-10H2,1H3/t13-,14+,15-/m1/s1. The maximum Gasteiger partial charge on any atom is 0.220 e. The Balaban J connectivity index is 1.66. The Morgan fingerprint density at radius 2 is 2.30 bits per heavy atom. The lowest BCUT2D eigenvalue weighted by Gasteiger charge is -2.19. The quantitative estimate of drug-likeness (QED) is 0.778. The highest BCUT2D eigenvalue weighted by atomic mass is 32.2. The third kappa shape index (κ3) is 1.63. The molecule has 3 atom stereocenters. The molecule has 0 aromatic heterocycles. The summed E-state index contributed by atoms with van der Waals surface area (Å²) in [6.45, 7) is 2.90. The number of sulfonamides is 1. The van der Waals surface area contributed by atoms with Crippen LogP contribution in [0.2, 0.25) is 0 Å². The third-order valence-electron chi connectivity index (χ3n) is 4.54. The van der Waals surface area contributed by atoms with E-state index in [1.54, 1.807) is 4.31 Å². The summed E-state index contributed by atoms with van der Waals surface area (Å²) >= 11 is 0. The summed E-state index contributed by atoms with van der Waals surface area (Å²) in [5.41, 5.74) is 1.59. The van der Waals surface area contributed by atoms with Crippen LogP contribution < -0.4 is 0 Å². The van der Waals surface area contributed by atoms with Crippen LogP contribution in [0.3, 0.4) is 0 Å². The summed E-state index contributed by atoms with van der Waals surface area (Å²) in [6, 6.07) is 8.00. The van der Waals surface area contributed by atoms with Gasteiger partial charge in [0, 0.05) is 13.1 Å². The molecule has 4 nitrogen and oxygen atoms in total. The molecule has 3 aliphatic rings. The Morgan fingerprint density at radius 1 is 1.45 bits per heavy atom. The van der Waals surface area contributed by atoms with Gasteiger partial charge in [-0.25, -0.2) is 8.42 Å². The maximum atomic E-state index is 12.7. The number of ether oxygens (including phenoxy) is 1. The fraction of sp³-hybridized carbons (Fsp3) is 0.467. The van der Waals surface area contributed by atoms with E-state index in [4.69, 9.17) is 4.74 Å². The zero-order valence-electron chi connectivity index (χ0n) is 11.3. The second-order valence-electron chi connectivity index (χ2n) is 6.00. The molecule has 3 heterocycles. The first kappa shape index (κ1) is 12.6. The molecule has 0 aliphatic carbocycles. The van der Waals surface area contributed by atoms with Gasteiger partial charge in [0.05, 0.1) is 6.10 Å². The van der Waals surface area contributed by atoms with Gasteiger partial charge < -0.3 is 4.74 Å². The molecule has 0 saturated carbocycles. The number of benzene rings is 1. The van der Waals surface area contributed by atoms with Crippen molar-refractivity contribution in [1.82, 2.24) is 4.31 Å². The Labute approximate surface area is 119 Å². The zero-order valence-corrected chi connectivity index (χ0v) is 12.1. The minimum atomic E-state index is -3.26. The predicted molar refractivity (Wildman–Crippen MR) is 75.7 cm³/mol. The molecule has 2 bridgehead atoms. The van der Waals surface area contributed by atoms with E-state index in [-0.39, 0.29) is 6.10 Å². The number of fused-ring (bicyclic) bond motifs is 1. The molecule has 2 saturated heterocycles. The molecule has 0 amide bonds. The Bertz CT molecular complexity index is 697. The summed E-state index contributed by atoms with van der Waals surface area (Å²) in [7, 11) is -3.26. The van der Waals surface area contributed by atoms with Crippen LogP contribution in [0.4, 0.5) is 0 Å². The van der Waals surface area contributed by atoms with E-state index in [1.165, 1.54) is 0 Å². The second-order valence-corrected chi connectivity index (χ2v) is 8.11. The van der Waals surface area contributed by atoms with Crippen molar-refractivity contribution in [3.05, 3.63) is 47.5 Å². The van der Waals surface area contributed by atoms with Crippen molar-refractivity contribution in [2.75, 3.05) is 6.54 Å². The predicted octanol–water partition coefficient (Wildman–Crippen LogP) is 1.61. The van der Waals surface area contributed by atoms with Gasteiger partial charge in [0.15, 0.2) is 0 Å². The van der Waals surface area contributed by atoms with Gasteiger partial charge in [-0.15, -0.1) is 0 Å². The van der Waals surface area contributed by atoms with Crippen molar-refractivity contribution in [3.8, 4) is 0 Å². The molecule has 1 aromatic carbocycles. The van der Waals surface area contributed by atoms with Gasteiger partial charge in [0.2, 0.25) is 10.0 Å². The number of hydrogen-bond donors (Lipinski definition) is 0. The molecule has 1 spiro atoms. The highest BCUT2D eigenvalue weighted by Crippen LogP contribution is 2.48. The third-order valence-corrected chi connectivity index (χ3v) is 6.83. The number of nitrogens with zero attached hydrogens (tertiary/aromatic N) is 1. The molecular formula is C15H17NO3S. The van der Waals surface area contributed by atoms with Crippen LogP contribution in [-0.4, -0.2) is 36.2 Å². The van der Waals surface area contributed by atoms with Crippen molar-refractivity contribution in [3.63, 3.8) is 0 Å². The lowest BCUT2D eigenvalue weighted by atomic mass is 9.94. The first-order valence-corrected chi connectivity index (χ1v) is 8.42. The van der Waals surface area contributed by atoms with Crippen LogP contribution in [0.15, 0.2) is 36.4 Å². The fourth-order valence-electron chi connectivity index (χ4n) is 3.62. The maximum absolute atomic E-state index is 12.7. The van der Waals surface area contributed by atoms with E-state index < -0.39 is 20.9 Å². The lowest BCUT2D eigenvalue weighted by Crippen LogP contribution is -2.36. The Kier molecular flexibility index (Phi) is 2.47. The molecule has 0 radical (unpaired) electrons. The van der Waals surface area contributed by atoms with Gasteiger partial charge in [-0.05, 0) is 18.9 Å². The average Bonchev–Trinajstić information content (AvgIpc) is 3.00. The van der Waals surface area contributed by atoms with Gasteiger partial charge in [0.25, 0.3) is 0 Å². The Hall–Kier alpha value is -1.17. The van der Waals surface area contributed by atoms with Crippen LogP contribution in [-0.2, 0) is 21.3 Å². The van der Waals surface area contributed by atoms with E-state index >= 15 is 0 Å². The van der Waals surface area contributed by atoms with Crippen LogP contribution in [0.5, 0.6) is 0 Å². The summed E-state index contributed by atoms with van der Waals surface area (Å²) < 4.78 is 32.8. The minimum absolute atomic E-state index is 0.00380. The van der Waals surface area contributed by atoms with E-state index in [2.05, 4.69) is 0 Å². The molecule has 0 unspecified atom stereocenters. The number of rotatable bonds is 2. The Morgan fingerprint density at radius 3 is 3.00 bits per heavy atom. The van der Waals surface area contributed by atoms with Gasteiger partial charge >= 0.3 is 0 Å². The van der Waals surface area contributed by atoms with Crippen LogP contribution in [0.25, 0.3) is 0 Å². The summed E-state index contributed by atoms with van der Waals surface area (Å²) in [4.78, 5) is 0. The van der Waals surface area contributed by atoms with Gasteiger partial charge in [-0.3, -0.25) is 0 Å². The van der Waals surface area contributed by atoms with Crippen LogP contribution in [0, 0.1) is 6.92 Å². The molecule has 0 N–H and O–H groups in total.